The maximum absolute atomic E-state index is 13.4. The van der Waals surface area contributed by atoms with Crippen LogP contribution in [0.3, 0.4) is 0 Å². The van der Waals surface area contributed by atoms with E-state index in [-0.39, 0.29) is 61.7 Å². The second-order valence-electron chi connectivity index (χ2n) is 20.9. The highest BCUT2D eigenvalue weighted by atomic mass is 32.3. The minimum atomic E-state index is -3.99. The lowest BCUT2D eigenvalue weighted by atomic mass is 9.89. The molecule has 4 heterocycles. The maximum Gasteiger partial charge on any atom is 0.250 e. The maximum atomic E-state index is 13.4. The fourth-order valence-corrected chi connectivity index (χ4v) is 18.6. The number of aliphatic hydroxyl groups excluding tert-OH is 1. The molecule has 0 bridgehead atoms. The summed E-state index contributed by atoms with van der Waals surface area (Å²) < 4.78 is 136. The average molecular weight is 1080 g/mol. The molecular formula is C45H80N4O13S6. The van der Waals surface area contributed by atoms with E-state index in [1.807, 2.05) is 76.2 Å². The Morgan fingerprint density at radius 2 is 1.16 bits per heavy atom. The number of rotatable bonds is 29. The third-order valence-corrected chi connectivity index (χ3v) is 24.4. The lowest BCUT2D eigenvalue weighted by Crippen LogP contribution is -2.46. The SMILES string of the molecule is CCN[C@H]1C[C@H](C)S(=O)(=O)c2sc(S(=O)(=O)NCCC(C)(C)OCCC(C)(C)OCC(CO)COC(C)(C)CCOC(C)(C)CCNS(=O)(=O)c3cc4c(s3)S(=O)(=O)[C@@H](C)C[C@]4(C)NCC)cc21. The van der Waals surface area contributed by atoms with Crippen molar-refractivity contribution in [2.75, 3.05) is 59.2 Å². The van der Waals surface area contributed by atoms with E-state index >= 15 is 0 Å². The molecule has 5 atom stereocenters. The van der Waals surface area contributed by atoms with Crippen molar-refractivity contribution >= 4 is 62.4 Å². The van der Waals surface area contributed by atoms with Crippen molar-refractivity contribution in [2.24, 2.45) is 5.92 Å². The molecule has 2 aromatic heterocycles. The third-order valence-electron chi connectivity index (χ3n) is 12.8. The van der Waals surface area contributed by atoms with Crippen LogP contribution in [0.1, 0.15) is 146 Å². The van der Waals surface area contributed by atoms with Gasteiger partial charge in [0, 0.05) is 41.7 Å². The highest BCUT2D eigenvalue weighted by Crippen LogP contribution is 2.46. The molecule has 0 fully saturated rings. The Hall–Kier alpha value is -1.16. The summed E-state index contributed by atoms with van der Waals surface area (Å²) in [7, 11) is -15.2. The molecule has 2 aliphatic heterocycles. The zero-order valence-electron chi connectivity index (χ0n) is 42.4. The average Bonchev–Trinajstić information content (AvgIpc) is 3.89. The molecule has 23 heteroatoms. The highest BCUT2D eigenvalue weighted by molar-refractivity contribution is 7.96. The molecule has 68 heavy (non-hydrogen) atoms. The van der Waals surface area contributed by atoms with Crippen LogP contribution in [0, 0.1) is 5.92 Å². The van der Waals surface area contributed by atoms with Crippen LogP contribution in [0.15, 0.2) is 29.0 Å². The van der Waals surface area contributed by atoms with Gasteiger partial charge in [-0.2, -0.15) is 0 Å². The van der Waals surface area contributed by atoms with Gasteiger partial charge in [-0.1, -0.05) is 13.8 Å². The van der Waals surface area contributed by atoms with Crippen LogP contribution >= 0.6 is 22.7 Å². The third kappa shape index (κ3) is 15.4. The Morgan fingerprint density at radius 3 is 1.63 bits per heavy atom. The van der Waals surface area contributed by atoms with Gasteiger partial charge in [0.2, 0.25) is 20.0 Å². The van der Waals surface area contributed by atoms with Gasteiger partial charge in [0.25, 0.3) is 0 Å². The van der Waals surface area contributed by atoms with Crippen molar-refractivity contribution < 1.29 is 57.7 Å². The molecule has 0 aliphatic carbocycles. The molecule has 5 N–H and O–H groups in total. The summed E-state index contributed by atoms with van der Waals surface area (Å²) in [5, 5.41) is 15.6. The minimum absolute atomic E-state index is 0.0241. The minimum Gasteiger partial charge on any atom is -0.396 e. The first kappa shape index (κ1) is 59.4. The standard InChI is InChI=1S/C45H80N4O13S6/c1-14-46-36-24-31(3)65(51,52)39-34(36)25-37(63-39)67(55,56)48-20-16-41(5,6)59-22-18-43(9,10)61-29-33(28-50)30-62-44(11,12)19-23-60-42(7,8)17-21-49-68(57,58)38-26-35-40(64-38)66(53,54)32(4)27-45(35,13)47-15-2/h25-26,31-33,36,46-50H,14-24,27-30H2,1-13H3/t31-,32-,33?,36-,45-/m0/s1. The highest BCUT2D eigenvalue weighted by Gasteiger charge is 2.46. The fraction of sp³-hybridized carbons (Fsp3) is 0.822. The van der Waals surface area contributed by atoms with Crippen molar-refractivity contribution in [2.45, 2.75) is 190 Å². The fourth-order valence-electron chi connectivity index (χ4n) is 8.18. The first-order valence-electron chi connectivity index (χ1n) is 23.6. The van der Waals surface area contributed by atoms with Crippen molar-refractivity contribution in [3.05, 3.63) is 23.3 Å². The summed E-state index contributed by atoms with van der Waals surface area (Å²) in [5.41, 5.74) is -2.24. The van der Waals surface area contributed by atoms with Gasteiger partial charge in [0.05, 0.1) is 65.9 Å². The number of thiophene rings is 2. The van der Waals surface area contributed by atoms with Gasteiger partial charge in [0.15, 0.2) is 19.7 Å². The monoisotopic (exact) mass is 1080 g/mol. The molecule has 4 rings (SSSR count). The second kappa shape index (κ2) is 22.9. The van der Waals surface area contributed by atoms with Gasteiger partial charge in [-0.3, -0.25) is 0 Å². The van der Waals surface area contributed by atoms with Gasteiger partial charge in [-0.15, -0.1) is 22.7 Å². The number of nitrogens with one attached hydrogen (secondary N) is 4. The van der Waals surface area contributed by atoms with Crippen molar-refractivity contribution in [1.29, 1.82) is 0 Å². The lowest BCUT2D eigenvalue weighted by Gasteiger charge is -2.37. The van der Waals surface area contributed by atoms with Crippen LogP contribution in [0.2, 0.25) is 0 Å². The zero-order chi connectivity index (χ0) is 51.4. The normalized spacial score (nSPS) is 22.8. The van der Waals surface area contributed by atoms with Crippen LogP contribution in [0.25, 0.3) is 0 Å². The molecule has 0 spiro atoms. The van der Waals surface area contributed by atoms with Gasteiger partial charge < -0.3 is 34.7 Å². The molecule has 394 valence electrons. The van der Waals surface area contributed by atoms with Gasteiger partial charge >= 0.3 is 0 Å². The topological polar surface area (TPSA) is 242 Å². The number of sulfonamides is 2. The zero-order valence-corrected chi connectivity index (χ0v) is 47.3. The molecule has 0 radical (unpaired) electrons. The lowest BCUT2D eigenvalue weighted by molar-refractivity contribution is -0.112. The molecule has 1 unspecified atom stereocenters. The predicted molar refractivity (Wildman–Crippen MR) is 268 cm³/mol. The van der Waals surface area contributed by atoms with Gasteiger partial charge in [-0.25, -0.2) is 43.1 Å². The number of aliphatic hydroxyl groups is 1. The first-order chi connectivity index (χ1) is 31.2. The number of hydrogen-bond donors (Lipinski definition) is 5. The van der Waals surface area contributed by atoms with E-state index in [1.165, 1.54) is 12.1 Å². The summed E-state index contributed by atoms with van der Waals surface area (Å²) in [4.78, 5) is 0. The number of sulfone groups is 2. The molecule has 2 aromatic rings. The Morgan fingerprint density at radius 1 is 0.706 bits per heavy atom. The van der Waals surface area contributed by atoms with Crippen molar-refractivity contribution in [1.82, 2.24) is 20.1 Å². The summed E-state index contributed by atoms with van der Waals surface area (Å²) in [5.74, 6) is -0.301. The van der Waals surface area contributed by atoms with E-state index in [1.54, 1.807) is 13.8 Å². The van der Waals surface area contributed by atoms with E-state index < -0.39 is 78.2 Å². The quantitative estimate of drug-likeness (QED) is 0.0626. The summed E-state index contributed by atoms with van der Waals surface area (Å²) in [6, 6.07) is 2.74. The predicted octanol–water partition coefficient (Wildman–Crippen LogP) is 6.02. The Kier molecular flexibility index (Phi) is 20.0. The van der Waals surface area contributed by atoms with Crippen LogP contribution in [0.5, 0.6) is 0 Å². The molecule has 0 aromatic carbocycles. The van der Waals surface area contributed by atoms with Crippen molar-refractivity contribution in [3.8, 4) is 0 Å². The molecule has 0 saturated carbocycles. The first-order valence-corrected chi connectivity index (χ1v) is 31.3. The van der Waals surface area contributed by atoms with Crippen LogP contribution < -0.4 is 20.1 Å². The van der Waals surface area contributed by atoms with Gasteiger partial charge in [0.1, 0.15) is 16.8 Å². The smallest absolute Gasteiger partial charge is 0.250 e. The van der Waals surface area contributed by atoms with Gasteiger partial charge in [-0.05, 0) is 140 Å². The second-order valence-corrected chi connectivity index (χ2v) is 32.1. The van der Waals surface area contributed by atoms with E-state index in [4.69, 9.17) is 18.9 Å². The summed E-state index contributed by atoms with van der Waals surface area (Å²) >= 11 is 1.60. The molecule has 0 saturated heterocycles. The molecule has 17 nitrogen and oxygen atoms in total. The molecular weight excluding hydrogens is 997 g/mol. The van der Waals surface area contributed by atoms with Crippen LogP contribution in [0.4, 0.5) is 0 Å². The number of fused-ring (bicyclic) bond motifs is 2. The summed E-state index contributed by atoms with van der Waals surface area (Å²) in [6.45, 7) is 26.7. The number of hydrogen-bond acceptors (Lipinski definition) is 17. The Bertz CT molecular complexity index is 2450. The summed E-state index contributed by atoms with van der Waals surface area (Å²) in [6.07, 6.45) is 2.50. The van der Waals surface area contributed by atoms with E-state index in [2.05, 4.69) is 20.1 Å². The number of ether oxygens (including phenoxy) is 4. The molecule has 0 amide bonds. The van der Waals surface area contributed by atoms with Crippen LogP contribution in [-0.2, 0) is 64.2 Å². The van der Waals surface area contributed by atoms with E-state index in [0.29, 0.717) is 76.0 Å². The largest absolute Gasteiger partial charge is 0.396 e. The van der Waals surface area contributed by atoms with E-state index in [0.717, 1.165) is 22.7 Å². The Labute approximate surface area is 415 Å². The molecule has 2 aliphatic rings. The van der Waals surface area contributed by atoms with E-state index in [9.17, 15) is 38.8 Å². The van der Waals surface area contributed by atoms with Crippen molar-refractivity contribution in [3.63, 3.8) is 0 Å². The Balaban J connectivity index is 1.16. The van der Waals surface area contributed by atoms with Crippen LogP contribution in [-0.4, -0.2) is 131 Å².